The molecule has 0 atom stereocenters. The minimum Gasteiger partial charge on any atom is -0.379 e. The highest BCUT2D eigenvalue weighted by molar-refractivity contribution is 9.09. The van der Waals surface area contributed by atoms with E-state index in [0.717, 1.165) is 12.1 Å². The van der Waals surface area contributed by atoms with E-state index in [0.29, 0.717) is 18.5 Å². The Balaban J connectivity index is 2.54. The summed E-state index contributed by atoms with van der Waals surface area (Å²) in [5, 5.41) is 2.75. The van der Waals surface area contributed by atoms with E-state index in [1.54, 1.807) is 0 Å². The summed E-state index contributed by atoms with van der Waals surface area (Å²) >= 11 is 8.56. The summed E-state index contributed by atoms with van der Waals surface area (Å²) in [6.07, 6.45) is 0. The summed E-state index contributed by atoms with van der Waals surface area (Å²) in [6.45, 7) is 1.03. The molecule has 0 heterocycles. The molecule has 18 heavy (non-hydrogen) atoms. The Morgan fingerprint density at radius 2 is 2.06 bits per heavy atom. The van der Waals surface area contributed by atoms with Crippen molar-refractivity contribution in [1.29, 1.82) is 0 Å². The SMILES string of the molecule is O=C(NCCOCCBr)c1cc(F)c(Cl)cc1F. The van der Waals surface area contributed by atoms with Crippen molar-refractivity contribution in [2.24, 2.45) is 0 Å². The fourth-order valence-electron chi connectivity index (χ4n) is 1.19. The van der Waals surface area contributed by atoms with E-state index in [1.807, 2.05) is 0 Å². The lowest BCUT2D eigenvalue weighted by Gasteiger charge is -2.07. The van der Waals surface area contributed by atoms with Crippen LogP contribution in [0.3, 0.4) is 0 Å². The number of nitrogens with one attached hydrogen (secondary N) is 1. The number of carbonyl (C=O) groups excluding carboxylic acids is 1. The lowest BCUT2D eigenvalue weighted by atomic mass is 10.2. The third kappa shape index (κ3) is 4.51. The van der Waals surface area contributed by atoms with Gasteiger partial charge in [0.25, 0.3) is 5.91 Å². The van der Waals surface area contributed by atoms with Crippen molar-refractivity contribution in [3.8, 4) is 0 Å². The monoisotopic (exact) mass is 341 g/mol. The van der Waals surface area contributed by atoms with Gasteiger partial charge in [0.2, 0.25) is 0 Å². The van der Waals surface area contributed by atoms with Gasteiger partial charge in [0, 0.05) is 11.9 Å². The molecule has 1 aromatic carbocycles. The fraction of sp³-hybridized carbons (Fsp3) is 0.364. The van der Waals surface area contributed by atoms with Gasteiger partial charge in [-0.2, -0.15) is 0 Å². The van der Waals surface area contributed by atoms with Gasteiger partial charge in [-0.1, -0.05) is 27.5 Å². The standard InChI is InChI=1S/C11H11BrClF2NO2/c12-1-3-18-4-2-16-11(17)7-5-10(15)8(13)6-9(7)14/h5-6H,1-4H2,(H,16,17). The van der Waals surface area contributed by atoms with E-state index in [1.165, 1.54) is 0 Å². The fourth-order valence-corrected chi connectivity index (χ4v) is 1.56. The molecule has 1 N–H and O–H groups in total. The van der Waals surface area contributed by atoms with Gasteiger partial charge in [0.15, 0.2) is 0 Å². The zero-order valence-electron chi connectivity index (χ0n) is 9.31. The number of alkyl halides is 1. The Labute approximate surface area is 117 Å². The Morgan fingerprint density at radius 1 is 1.33 bits per heavy atom. The largest absolute Gasteiger partial charge is 0.379 e. The number of carbonyl (C=O) groups is 1. The Kier molecular flexibility index (Phi) is 6.52. The maximum Gasteiger partial charge on any atom is 0.254 e. The molecule has 1 amide bonds. The van der Waals surface area contributed by atoms with E-state index in [9.17, 15) is 13.6 Å². The van der Waals surface area contributed by atoms with Crippen LogP contribution in [-0.2, 0) is 4.74 Å². The van der Waals surface area contributed by atoms with Crippen LogP contribution in [0.4, 0.5) is 8.78 Å². The molecule has 0 bridgehead atoms. The topological polar surface area (TPSA) is 38.3 Å². The van der Waals surface area contributed by atoms with Crippen LogP contribution in [-0.4, -0.2) is 31.0 Å². The lowest BCUT2D eigenvalue weighted by Crippen LogP contribution is -2.28. The van der Waals surface area contributed by atoms with Gasteiger partial charge in [-0.3, -0.25) is 4.79 Å². The van der Waals surface area contributed by atoms with Crippen molar-refractivity contribution >= 4 is 33.4 Å². The minimum absolute atomic E-state index is 0.218. The number of amides is 1. The maximum atomic E-state index is 13.4. The quantitative estimate of drug-likeness (QED) is 0.490. The van der Waals surface area contributed by atoms with Crippen LogP contribution in [0.2, 0.25) is 5.02 Å². The maximum absolute atomic E-state index is 13.4. The van der Waals surface area contributed by atoms with Crippen LogP contribution in [0.15, 0.2) is 12.1 Å². The predicted molar refractivity (Wildman–Crippen MR) is 68.3 cm³/mol. The van der Waals surface area contributed by atoms with E-state index in [4.69, 9.17) is 16.3 Å². The van der Waals surface area contributed by atoms with E-state index >= 15 is 0 Å². The molecule has 0 radical (unpaired) electrons. The van der Waals surface area contributed by atoms with Gasteiger partial charge in [-0.05, 0) is 12.1 Å². The average molecular weight is 343 g/mol. The van der Waals surface area contributed by atoms with Crippen molar-refractivity contribution in [1.82, 2.24) is 5.32 Å². The van der Waals surface area contributed by atoms with Gasteiger partial charge < -0.3 is 10.1 Å². The first kappa shape index (κ1) is 15.3. The van der Waals surface area contributed by atoms with Crippen molar-refractivity contribution in [2.75, 3.05) is 25.1 Å². The van der Waals surface area contributed by atoms with Crippen molar-refractivity contribution in [2.45, 2.75) is 0 Å². The number of halogens is 4. The highest BCUT2D eigenvalue weighted by atomic mass is 79.9. The van der Waals surface area contributed by atoms with Crippen LogP contribution < -0.4 is 5.32 Å². The first-order chi connectivity index (χ1) is 8.56. The molecule has 0 saturated carbocycles. The van der Waals surface area contributed by atoms with E-state index in [-0.39, 0.29) is 17.1 Å². The Bertz CT molecular complexity index is 432. The third-order valence-corrected chi connectivity index (χ3v) is 2.62. The summed E-state index contributed by atoms with van der Waals surface area (Å²) in [4.78, 5) is 11.5. The Morgan fingerprint density at radius 3 is 2.72 bits per heavy atom. The summed E-state index contributed by atoms with van der Waals surface area (Å²) in [5.74, 6) is -2.40. The molecule has 1 rings (SSSR count). The second kappa shape index (κ2) is 7.66. The highest BCUT2D eigenvalue weighted by Gasteiger charge is 2.14. The molecule has 0 spiro atoms. The van der Waals surface area contributed by atoms with Gasteiger partial charge in [0.1, 0.15) is 11.6 Å². The second-order valence-corrected chi connectivity index (χ2v) is 4.50. The molecule has 0 aliphatic carbocycles. The van der Waals surface area contributed by atoms with Gasteiger partial charge in [-0.25, -0.2) is 8.78 Å². The van der Waals surface area contributed by atoms with Crippen LogP contribution in [0, 0.1) is 11.6 Å². The van der Waals surface area contributed by atoms with Crippen LogP contribution in [0.1, 0.15) is 10.4 Å². The number of hydrogen-bond acceptors (Lipinski definition) is 2. The number of benzene rings is 1. The van der Waals surface area contributed by atoms with Gasteiger partial charge in [0.05, 0.1) is 23.8 Å². The zero-order chi connectivity index (χ0) is 13.5. The average Bonchev–Trinajstić information content (AvgIpc) is 2.33. The smallest absolute Gasteiger partial charge is 0.254 e. The minimum atomic E-state index is -0.861. The molecule has 0 saturated heterocycles. The van der Waals surface area contributed by atoms with Crippen LogP contribution >= 0.6 is 27.5 Å². The summed E-state index contributed by atoms with van der Waals surface area (Å²) in [5.41, 5.74) is -0.377. The normalized spacial score (nSPS) is 10.4. The van der Waals surface area contributed by atoms with Gasteiger partial charge in [-0.15, -0.1) is 0 Å². The number of hydrogen-bond donors (Lipinski definition) is 1. The van der Waals surface area contributed by atoms with Gasteiger partial charge >= 0.3 is 0 Å². The summed E-state index contributed by atoms with van der Waals surface area (Å²) < 4.78 is 31.6. The lowest BCUT2D eigenvalue weighted by molar-refractivity contribution is 0.0919. The summed E-state index contributed by atoms with van der Waals surface area (Å²) in [6, 6.07) is 1.54. The molecular weight excluding hydrogens is 331 g/mol. The highest BCUT2D eigenvalue weighted by Crippen LogP contribution is 2.19. The number of rotatable bonds is 6. The summed E-state index contributed by atoms with van der Waals surface area (Å²) in [7, 11) is 0. The molecule has 100 valence electrons. The molecule has 0 unspecified atom stereocenters. The van der Waals surface area contributed by atoms with Crippen molar-refractivity contribution < 1.29 is 18.3 Å². The molecule has 0 fully saturated rings. The Hall–Kier alpha value is -0.720. The molecule has 3 nitrogen and oxygen atoms in total. The van der Waals surface area contributed by atoms with Crippen molar-refractivity contribution in [3.63, 3.8) is 0 Å². The second-order valence-electron chi connectivity index (χ2n) is 3.30. The molecule has 0 aliphatic rings. The van der Waals surface area contributed by atoms with Crippen LogP contribution in [0.5, 0.6) is 0 Å². The molecule has 0 aliphatic heterocycles. The molecule has 0 aromatic heterocycles. The molecule has 7 heteroatoms. The third-order valence-electron chi connectivity index (χ3n) is 2.01. The first-order valence-electron chi connectivity index (χ1n) is 5.12. The first-order valence-corrected chi connectivity index (χ1v) is 6.62. The zero-order valence-corrected chi connectivity index (χ0v) is 11.7. The molecule has 1 aromatic rings. The van der Waals surface area contributed by atoms with E-state index < -0.39 is 17.5 Å². The predicted octanol–water partition coefficient (Wildman–Crippen LogP) is 2.76. The van der Waals surface area contributed by atoms with E-state index in [2.05, 4.69) is 21.2 Å². The molecular formula is C11H11BrClF2NO2. The van der Waals surface area contributed by atoms with Crippen LogP contribution in [0.25, 0.3) is 0 Å². The van der Waals surface area contributed by atoms with Crippen molar-refractivity contribution in [3.05, 3.63) is 34.4 Å². The number of ether oxygens (including phenoxy) is 1.